The van der Waals surface area contributed by atoms with Crippen LogP contribution in [-0.2, 0) is 23.8 Å². The van der Waals surface area contributed by atoms with Crippen molar-refractivity contribution >= 4 is 11.9 Å². The van der Waals surface area contributed by atoms with Crippen molar-refractivity contribution in [1.82, 2.24) is 0 Å². The van der Waals surface area contributed by atoms with Crippen LogP contribution >= 0.6 is 0 Å². The lowest BCUT2D eigenvalue weighted by Gasteiger charge is -2.74. The van der Waals surface area contributed by atoms with Crippen LogP contribution in [0, 0.1) is 55.7 Å². The van der Waals surface area contributed by atoms with Gasteiger partial charge in [0, 0.05) is 18.4 Å². The van der Waals surface area contributed by atoms with Crippen molar-refractivity contribution in [3.63, 3.8) is 0 Å². The van der Waals surface area contributed by atoms with E-state index in [1.54, 1.807) is 7.11 Å². The zero-order valence-corrected chi connectivity index (χ0v) is 31.0. The van der Waals surface area contributed by atoms with Crippen LogP contribution < -0.4 is 0 Å². The summed E-state index contributed by atoms with van der Waals surface area (Å²) in [6, 6.07) is 0. The number of aliphatic hydroxyl groups is 3. The summed E-state index contributed by atoms with van der Waals surface area (Å²) in [7, 11) is 1.70. The maximum Gasteiger partial charge on any atom is 0.335 e. The summed E-state index contributed by atoms with van der Waals surface area (Å²) in [5.41, 5.74) is -0.723. The lowest BCUT2D eigenvalue weighted by molar-refractivity contribution is -0.324. The fourth-order valence-corrected chi connectivity index (χ4v) is 14.3. The molecule has 5 N–H and O–H groups in total. The Hall–Kier alpha value is -1.82. The van der Waals surface area contributed by atoms with Crippen molar-refractivity contribution in [3.8, 4) is 0 Å². The highest BCUT2D eigenvalue weighted by Crippen LogP contribution is 2.80. The Kier molecular flexibility index (Phi) is 8.47. The van der Waals surface area contributed by atoms with Gasteiger partial charge in [0.1, 0.15) is 18.3 Å². The van der Waals surface area contributed by atoms with Crippen LogP contribution in [-0.4, -0.2) is 88.0 Å². The summed E-state index contributed by atoms with van der Waals surface area (Å²) in [5, 5.41) is 52.3. The Balaban J connectivity index is 1.23. The molecular weight excluding hydrogens is 640 g/mol. The van der Waals surface area contributed by atoms with Crippen LogP contribution in [0.3, 0.4) is 0 Å². The zero-order valence-electron chi connectivity index (χ0n) is 31.0. The summed E-state index contributed by atoms with van der Waals surface area (Å²) >= 11 is 0. The fourth-order valence-electron chi connectivity index (χ4n) is 14.3. The van der Waals surface area contributed by atoms with Gasteiger partial charge in [-0.05, 0) is 103 Å². The molecule has 0 aromatic heterocycles. The second-order valence-corrected chi connectivity index (χ2v) is 19.2. The number of rotatable bonds is 6. The number of carbonyl (C=O) groups is 2. The van der Waals surface area contributed by atoms with Gasteiger partial charge in [-0.1, -0.05) is 65.3 Å². The Bertz CT molecular complexity index is 1470. The van der Waals surface area contributed by atoms with Crippen molar-refractivity contribution in [2.75, 3.05) is 13.7 Å². The van der Waals surface area contributed by atoms with Crippen molar-refractivity contribution in [3.05, 3.63) is 23.8 Å². The van der Waals surface area contributed by atoms with Crippen molar-refractivity contribution in [2.24, 2.45) is 55.7 Å². The minimum Gasteiger partial charge on any atom is -0.481 e. The molecule has 7 rings (SSSR count). The number of methoxy groups -OCH3 is 1. The summed E-state index contributed by atoms with van der Waals surface area (Å²) in [6.07, 6.45) is 7.17. The average molecular weight is 701 g/mol. The van der Waals surface area contributed by atoms with Gasteiger partial charge in [-0.25, -0.2) is 4.79 Å². The van der Waals surface area contributed by atoms with E-state index in [9.17, 15) is 35.1 Å². The van der Waals surface area contributed by atoms with Crippen molar-refractivity contribution in [1.29, 1.82) is 0 Å². The number of allylic oxidation sites excluding steroid dienone is 4. The van der Waals surface area contributed by atoms with Gasteiger partial charge in [-0.3, -0.25) is 4.79 Å². The molecule has 4 saturated carbocycles. The molecule has 6 aliphatic carbocycles. The van der Waals surface area contributed by atoms with E-state index < -0.39 is 53.5 Å². The number of ether oxygens (including phenoxy) is 3. The third-order valence-corrected chi connectivity index (χ3v) is 16.7. The van der Waals surface area contributed by atoms with Crippen LogP contribution in [0.1, 0.15) is 106 Å². The third kappa shape index (κ3) is 4.53. The van der Waals surface area contributed by atoms with E-state index in [-0.39, 0.29) is 45.0 Å². The molecule has 1 heterocycles. The van der Waals surface area contributed by atoms with Gasteiger partial charge < -0.3 is 39.7 Å². The number of hydrogen-bond acceptors (Lipinski definition) is 8. The molecule has 280 valence electrons. The number of aliphatic carboxylic acids is 2. The second-order valence-electron chi connectivity index (χ2n) is 19.2. The molecule has 0 aromatic carbocycles. The minimum absolute atomic E-state index is 0.0219. The van der Waals surface area contributed by atoms with E-state index >= 15 is 0 Å². The minimum atomic E-state index is -1.76. The SMILES string of the molecule is COC[C@@H]1C[C@]2(C)CC=C[C@]3(C2)C2=CC[C@@H]4[C@@]5(C)CC[C@H](O[C@@H]6O[C@H](C(=O)O)[C@@H](O)[C@H](O)[C@H]6O)C(C)(C)[C@@H]5CC[C@@]4(C)[C@]2(C)CC[C@@]13C(=O)O. The van der Waals surface area contributed by atoms with Crippen LogP contribution in [0.25, 0.3) is 0 Å². The molecule has 1 spiro atoms. The predicted octanol–water partition coefficient (Wildman–Crippen LogP) is 5.33. The average Bonchev–Trinajstić information content (AvgIpc) is 3.02. The van der Waals surface area contributed by atoms with E-state index in [2.05, 4.69) is 59.8 Å². The summed E-state index contributed by atoms with van der Waals surface area (Å²) in [6.45, 7) is 14.6. The van der Waals surface area contributed by atoms with E-state index in [1.807, 2.05) is 0 Å². The van der Waals surface area contributed by atoms with Gasteiger partial charge in [0.05, 0.1) is 18.1 Å². The number of hydrogen-bond donors (Lipinski definition) is 5. The van der Waals surface area contributed by atoms with E-state index in [0.29, 0.717) is 25.4 Å². The molecule has 0 radical (unpaired) electrons. The normalized spacial score (nSPS) is 53.6. The van der Waals surface area contributed by atoms with Gasteiger partial charge in [-0.15, -0.1) is 0 Å². The lowest BCUT2D eigenvalue weighted by atomic mass is 9.29. The molecular formula is C40H60O10. The van der Waals surface area contributed by atoms with Crippen LogP contribution in [0.2, 0.25) is 0 Å². The molecule has 1 saturated heterocycles. The lowest BCUT2D eigenvalue weighted by Crippen LogP contribution is -2.69. The van der Waals surface area contributed by atoms with Gasteiger partial charge in [0.15, 0.2) is 12.4 Å². The Morgan fingerprint density at radius 1 is 0.920 bits per heavy atom. The monoisotopic (exact) mass is 700 g/mol. The maximum atomic E-state index is 13.7. The molecule has 15 atom stereocenters. The molecule has 0 aromatic rings. The highest BCUT2D eigenvalue weighted by atomic mass is 16.7. The predicted molar refractivity (Wildman–Crippen MR) is 184 cm³/mol. The van der Waals surface area contributed by atoms with E-state index in [4.69, 9.17) is 14.2 Å². The first kappa shape index (κ1) is 36.5. The van der Waals surface area contributed by atoms with E-state index in [0.717, 1.165) is 51.4 Å². The summed E-state index contributed by atoms with van der Waals surface area (Å²) in [5.74, 6) is -1.54. The van der Waals surface area contributed by atoms with Gasteiger partial charge in [0.25, 0.3) is 0 Å². The quantitative estimate of drug-likeness (QED) is 0.181. The Labute approximate surface area is 296 Å². The smallest absolute Gasteiger partial charge is 0.335 e. The molecule has 0 amide bonds. The standard InChI is InChI=1S/C40H60O10/c1-34(2)23-11-16-37(5)24(36(23,4)15-12-26(34)49-32-29(43)27(41)28(42)30(50-32)31(44)45)9-10-25-38(37,6)17-18-40(33(46)47)22(20-48-7)19-35(3)13-8-14-39(25,40)21-35/h8,10,14,22-24,26-30,32,41-43H,9,11-13,15-21H2,1-7H3,(H,44,45)(H,46,47)/t22-,23-,24+,26-,27-,28-,29+,30-,32+,35-,36-,37+,38+,39-,40-/m0/s1. The third-order valence-electron chi connectivity index (χ3n) is 16.7. The second kappa shape index (κ2) is 11.6. The number of fused-ring (bicyclic) bond motifs is 6. The largest absolute Gasteiger partial charge is 0.481 e. The van der Waals surface area contributed by atoms with Gasteiger partial charge in [0.2, 0.25) is 0 Å². The molecule has 5 fully saturated rings. The molecule has 0 unspecified atom stereocenters. The summed E-state index contributed by atoms with van der Waals surface area (Å²) < 4.78 is 17.7. The molecule has 10 nitrogen and oxygen atoms in total. The van der Waals surface area contributed by atoms with E-state index in [1.165, 1.54) is 5.57 Å². The highest BCUT2D eigenvalue weighted by molar-refractivity contribution is 5.79. The molecule has 2 bridgehead atoms. The van der Waals surface area contributed by atoms with Crippen LogP contribution in [0.5, 0.6) is 0 Å². The number of carboxylic acid groups (broad SMARTS) is 2. The topological polar surface area (TPSA) is 163 Å². The van der Waals surface area contributed by atoms with Gasteiger partial charge >= 0.3 is 11.9 Å². The fraction of sp³-hybridized carbons (Fsp3) is 0.850. The molecule has 50 heavy (non-hydrogen) atoms. The highest BCUT2D eigenvalue weighted by Gasteiger charge is 2.75. The van der Waals surface area contributed by atoms with Crippen LogP contribution in [0.15, 0.2) is 23.8 Å². The molecule has 10 heteroatoms. The first-order chi connectivity index (χ1) is 23.3. The zero-order chi connectivity index (χ0) is 36.4. The Morgan fingerprint density at radius 2 is 1.64 bits per heavy atom. The first-order valence-corrected chi connectivity index (χ1v) is 19.0. The summed E-state index contributed by atoms with van der Waals surface area (Å²) in [4.78, 5) is 25.5. The number of aliphatic hydroxyl groups excluding tert-OH is 3. The van der Waals surface area contributed by atoms with Crippen molar-refractivity contribution in [2.45, 2.75) is 143 Å². The molecule has 1 aliphatic heterocycles. The Morgan fingerprint density at radius 3 is 2.30 bits per heavy atom. The number of carboxylic acids is 2. The van der Waals surface area contributed by atoms with Crippen molar-refractivity contribution < 1.29 is 49.3 Å². The molecule has 7 aliphatic rings. The van der Waals surface area contributed by atoms with Crippen LogP contribution in [0.4, 0.5) is 0 Å². The van der Waals surface area contributed by atoms with Gasteiger partial charge in [-0.2, -0.15) is 0 Å². The first-order valence-electron chi connectivity index (χ1n) is 19.0. The maximum absolute atomic E-state index is 13.7.